The number of carboxylic acid groups (broad SMARTS) is 1. The number of nitrogens with zero attached hydrogens (tertiary/aromatic N) is 2. The molecule has 0 unspecified atom stereocenters. The Morgan fingerprint density at radius 2 is 1.53 bits per heavy atom. The Morgan fingerprint density at radius 1 is 0.906 bits per heavy atom. The van der Waals surface area contributed by atoms with Gasteiger partial charge in [-0.1, -0.05) is 60.1 Å². The van der Waals surface area contributed by atoms with Gasteiger partial charge in [-0.3, -0.25) is 4.79 Å². The van der Waals surface area contributed by atoms with E-state index in [1.807, 2.05) is 30.3 Å². The van der Waals surface area contributed by atoms with E-state index >= 15 is 0 Å². The minimum Gasteiger partial charge on any atom is -0.543 e. The van der Waals surface area contributed by atoms with Crippen molar-refractivity contribution in [2.75, 3.05) is 0 Å². The predicted molar refractivity (Wildman–Crippen MR) is 121 cm³/mol. The molecule has 0 fully saturated rings. The zero-order valence-electron chi connectivity index (χ0n) is 16.7. The number of benzene rings is 3. The first-order chi connectivity index (χ1) is 15.5. The number of carbonyl (C=O) groups is 2. The van der Waals surface area contributed by atoms with E-state index in [2.05, 4.69) is 10.4 Å². The first-order valence-electron chi connectivity index (χ1n) is 9.72. The summed E-state index contributed by atoms with van der Waals surface area (Å²) in [6, 6.07) is 24.8. The van der Waals surface area contributed by atoms with Gasteiger partial charge in [-0.25, -0.2) is 4.68 Å². The summed E-state index contributed by atoms with van der Waals surface area (Å²) in [5.41, 5.74) is 2.51. The molecular weight excluding hydrogens is 426 g/mol. The van der Waals surface area contributed by atoms with Gasteiger partial charge in [0.2, 0.25) is 0 Å². The van der Waals surface area contributed by atoms with Crippen LogP contribution in [-0.4, -0.2) is 21.7 Å². The van der Waals surface area contributed by atoms with Crippen molar-refractivity contribution in [3.8, 4) is 16.9 Å². The molecule has 6 nitrogen and oxygen atoms in total. The van der Waals surface area contributed by atoms with Crippen LogP contribution in [0.25, 0.3) is 23.0 Å². The summed E-state index contributed by atoms with van der Waals surface area (Å²) in [5.74, 6) is -2.06. The molecule has 0 saturated heterocycles. The summed E-state index contributed by atoms with van der Waals surface area (Å²) >= 11 is 6.01. The summed E-state index contributed by atoms with van der Waals surface area (Å²) in [7, 11) is 0. The predicted octanol–water partition coefficient (Wildman–Crippen LogP) is 3.71. The van der Waals surface area contributed by atoms with Gasteiger partial charge in [0.1, 0.15) is 5.69 Å². The standard InChI is InChI=1S/C25H18ClN3O3/c26-20-13-11-17(12-14-20)23-19(16-29(28-23)21-9-5-2-6-10-21)15-22(25(31)32)27-24(30)18-7-3-1-4-8-18/h1-16H,(H,27,30)(H,31,32)/p-1/b22-15+. The fraction of sp³-hybridized carbons (Fsp3) is 0. The second-order valence-electron chi connectivity index (χ2n) is 6.89. The van der Waals surface area contributed by atoms with E-state index < -0.39 is 11.9 Å². The first kappa shape index (κ1) is 21.1. The maximum absolute atomic E-state index is 12.5. The third-order valence-electron chi connectivity index (χ3n) is 4.68. The highest BCUT2D eigenvalue weighted by Crippen LogP contribution is 2.27. The molecule has 158 valence electrons. The Labute approximate surface area is 189 Å². The lowest BCUT2D eigenvalue weighted by Crippen LogP contribution is -2.35. The van der Waals surface area contributed by atoms with E-state index in [4.69, 9.17) is 11.6 Å². The molecule has 0 aliphatic carbocycles. The van der Waals surface area contributed by atoms with Crippen molar-refractivity contribution in [2.45, 2.75) is 0 Å². The van der Waals surface area contributed by atoms with Crippen molar-refractivity contribution < 1.29 is 14.7 Å². The topological polar surface area (TPSA) is 87.0 Å². The number of aromatic nitrogens is 2. The lowest BCUT2D eigenvalue weighted by Gasteiger charge is -2.11. The summed E-state index contributed by atoms with van der Waals surface area (Å²) in [6.07, 6.45) is 3.03. The Morgan fingerprint density at radius 3 is 2.16 bits per heavy atom. The molecule has 0 atom stereocenters. The summed E-state index contributed by atoms with van der Waals surface area (Å²) < 4.78 is 1.64. The number of halogens is 1. The molecule has 0 spiro atoms. The third kappa shape index (κ3) is 4.77. The van der Waals surface area contributed by atoms with E-state index in [1.165, 1.54) is 6.08 Å². The summed E-state index contributed by atoms with van der Waals surface area (Å²) in [5, 5.41) is 19.4. The van der Waals surface area contributed by atoms with Crippen molar-refractivity contribution in [1.29, 1.82) is 0 Å². The maximum Gasteiger partial charge on any atom is 0.255 e. The van der Waals surface area contributed by atoms with Gasteiger partial charge in [0, 0.05) is 27.9 Å². The number of carbonyl (C=O) groups excluding carboxylic acids is 2. The summed E-state index contributed by atoms with van der Waals surface area (Å²) in [6.45, 7) is 0. The Hall–Kier alpha value is -4.16. The third-order valence-corrected chi connectivity index (χ3v) is 4.94. The van der Waals surface area contributed by atoms with Crippen LogP contribution < -0.4 is 10.4 Å². The number of carboxylic acids is 1. The van der Waals surface area contributed by atoms with Crippen LogP contribution in [0.2, 0.25) is 5.02 Å². The van der Waals surface area contributed by atoms with Gasteiger partial charge in [0.15, 0.2) is 0 Å². The number of nitrogens with one attached hydrogen (secondary N) is 1. The zero-order chi connectivity index (χ0) is 22.5. The highest BCUT2D eigenvalue weighted by molar-refractivity contribution is 6.30. The van der Waals surface area contributed by atoms with Crippen molar-refractivity contribution in [3.05, 3.63) is 113 Å². The highest BCUT2D eigenvalue weighted by Gasteiger charge is 2.14. The monoisotopic (exact) mass is 442 g/mol. The first-order valence-corrected chi connectivity index (χ1v) is 10.1. The van der Waals surface area contributed by atoms with Gasteiger partial charge in [0.25, 0.3) is 5.91 Å². The zero-order valence-corrected chi connectivity index (χ0v) is 17.5. The van der Waals surface area contributed by atoms with E-state index in [-0.39, 0.29) is 5.70 Å². The Kier molecular flexibility index (Phi) is 6.14. The quantitative estimate of drug-likeness (QED) is 0.461. The normalized spacial score (nSPS) is 11.2. The van der Waals surface area contributed by atoms with Crippen LogP contribution in [0.15, 0.2) is 96.8 Å². The number of hydrogen-bond acceptors (Lipinski definition) is 4. The molecule has 32 heavy (non-hydrogen) atoms. The molecule has 1 N–H and O–H groups in total. The van der Waals surface area contributed by atoms with Crippen LogP contribution in [-0.2, 0) is 4.79 Å². The van der Waals surface area contributed by atoms with Crippen LogP contribution in [0.5, 0.6) is 0 Å². The second-order valence-corrected chi connectivity index (χ2v) is 7.32. The molecule has 1 heterocycles. The van der Waals surface area contributed by atoms with Crippen molar-refractivity contribution in [3.63, 3.8) is 0 Å². The SMILES string of the molecule is O=C([O-])/C(=C\c1cn(-c2ccccc2)nc1-c1ccc(Cl)cc1)NC(=O)c1ccccc1. The van der Waals surface area contributed by atoms with Crippen LogP contribution in [0.1, 0.15) is 15.9 Å². The molecule has 4 aromatic rings. The van der Waals surface area contributed by atoms with Gasteiger partial charge in [-0.05, 0) is 42.5 Å². The average molecular weight is 443 g/mol. The Bertz CT molecular complexity index is 1280. The smallest absolute Gasteiger partial charge is 0.255 e. The molecule has 0 radical (unpaired) electrons. The van der Waals surface area contributed by atoms with Crippen LogP contribution in [0, 0.1) is 0 Å². The van der Waals surface area contributed by atoms with Gasteiger partial charge in [0.05, 0.1) is 17.4 Å². The molecule has 1 aromatic heterocycles. The van der Waals surface area contributed by atoms with Crippen LogP contribution >= 0.6 is 11.6 Å². The fourth-order valence-electron chi connectivity index (χ4n) is 3.12. The number of hydrogen-bond donors (Lipinski definition) is 1. The fourth-order valence-corrected chi connectivity index (χ4v) is 3.25. The summed E-state index contributed by atoms with van der Waals surface area (Å²) in [4.78, 5) is 24.3. The van der Waals surface area contributed by atoms with Crippen LogP contribution in [0.4, 0.5) is 0 Å². The largest absolute Gasteiger partial charge is 0.543 e. The minimum atomic E-state index is -1.51. The second kappa shape index (κ2) is 9.32. The highest BCUT2D eigenvalue weighted by atomic mass is 35.5. The Balaban J connectivity index is 1.78. The minimum absolute atomic E-state index is 0.331. The molecule has 0 aliphatic rings. The molecule has 4 rings (SSSR count). The molecule has 0 saturated carbocycles. The van der Waals surface area contributed by atoms with Gasteiger partial charge < -0.3 is 15.2 Å². The number of rotatable bonds is 6. The lowest BCUT2D eigenvalue weighted by molar-refractivity contribution is -0.299. The number of amides is 1. The van der Waals surface area contributed by atoms with Gasteiger partial charge >= 0.3 is 0 Å². The molecule has 7 heteroatoms. The molecule has 3 aromatic carbocycles. The van der Waals surface area contributed by atoms with E-state index in [1.54, 1.807) is 65.5 Å². The van der Waals surface area contributed by atoms with Crippen molar-refractivity contribution >= 4 is 29.6 Å². The van der Waals surface area contributed by atoms with Gasteiger partial charge in [-0.2, -0.15) is 5.10 Å². The van der Waals surface area contributed by atoms with E-state index in [0.29, 0.717) is 21.8 Å². The molecule has 0 bridgehead atoms. The molecular formula is C25H17ClN3O3-. The lowest BCUT2D eigenvalue weighted by atomic mass is 10.1. The average Bonchev–Trinajstić information content (AvgIpc) is 3.24. The van der Waals surface area contributed by atoms with Gasteiger partial charge in [-0.15, -0.1) is 0 Å². The molecule has 1 amide bonds. The van der Waals surface area contributed by atoms with Crippen LogP contribution in [0.3, 0.4) is 0 Å². The molecule has 0 aliphatic heterocycles. The number of para-hydroxylation sites is 1. The van der Waals surface area contributed by atoms with E-state index in [9.17, 15) is 14.7 Å². The maximum atomic E-state index is 12.5. The number of aliphatic carboxylic acids is 1. The van der Waals surface area contributed by atoms with Crippen molar-refractivity contribution in [2.24, 2.45) is 0 Å². The van der Waals surface area contributed by atoms with E-state index in [0.717, 1.165) is 11.3 Å². The van der Waals surface area contributed by atoms with Crippen molar-refractivity contribution in [1.82, 2.24) is 15.1 Å².